The maximum Gasteiger partial charge on any atom is 0.223 e. The molecule has 0 aliphatic heterocycles. The molecule has 1 aliphatic carbocycles. The lowest BCUT2D eigenvalue weighted by Crippen LogP contribution is -2.35. The van der Waals surface area contributed by atoms with E-state index in [0.29, 0.717) is 12.5 Å². The molecular formula is C16H24Cl2N2O. The molecule has 1 aliphatic rings. The Hall–Kier alpha value is -0.770. The summed E-state index contributed by atoms with van der Waals surface area (Å²) in [6, 6.07) is 8.28. The Morgan fingerprint density at radius 3 is 2.67 bits per heavy atom. The normalized spacial score (nSPS) is 15.2. The molecule has 1 aromatic rings. The standard InChI is InChI=1S/C16H23ClN2O.ClH/c1-12(14-6-3-4-7-15(14)17)19(13-9-10-13)16(20)8-5-11-18-2;/h3-4,6-7,12-13,18H,5,8-11H2,1-2H3;1H. The first-order valence-electron chi connectivity index (χ1n) is 7.35. The van der Waals surface area contributed by atoms with Gasteiger partial charge in [-0.15, -0.1) is 12.4 Å². The van der Waals surface area contributed by atoms with Gasteiger partial charge in [0.2, 0.25) is 5.91 Å². The maximum absolute atomic E-state index is 12.5. The van der Waals surface area contributed by atoms with Crippen molar-refractivity contribution in [1.29, 1.82) is 0 Å². The molecule has 0 spiro atoms. The predicted molar refractivity (Wildman–Crippen MR) is 90.1 cm³/mol. The van der Waals surface area contributed by atoms with Crippen molar-refractivity contribution in [1.82, 2.24) is 10.2 Å². The van der Waals surface area contributed by atoms with Gasteiger partial charge in [-0.1, -0.05) is 29.8 Å². The maximum atomic E-state index is 12.5. The second-order valence-electron chi connectivity index (χ2n) is 5.44. The average molecular weight is 331 g/mol. The molecule has 2 rings (SSSR count). The van der Waals surface area contributed by atoms with Crippen LogP contribution in [-0.4, -0.2) is 30.4 Å². The van der Waals surface area contributed by atoms with E-state index < -0.39 is 0 Å². The lowest BCUT2D eigenvalue weighted by atomic mass is 10.1. The number of amides is 1. The lowest BCUT2D eigenvalue weighted by molar-refractivity contribution is -0.134. The van der Waals surface area contributed by atoms with Crippen molar-refractivity contribution in [2.24, 2.45) is 0 Å². The Balaban J connectivity index is 0.00000220. The van der Waals surface area contributed by atoms with Crippen LogP contribution >= 0.6 is 24.0 Å². The zero-order chi connectivity index (χ0) is 14.5. The van der Waals surface area contributed by atoms with Crippen LogP contribution in [0.4, 0.5) is 0 Å². The van der Waals surface area contributed by atoms with Gasteiger partial charge < -0.3 is 10.2 Å². The minimum absolute atomic E-state index is 0. The van der Waals surface area contributed by atoms with Gasteiger partial charge >= 0.3 is 0 Å². The third kappa shape index (κ3) is 4.87. The van der Waals surface area contributed by atoms with Crippen LogP contribution in [-0.2, 0) is 4.79 Å². The monoisotopic (exact) mass is 330 g/mol. The van der Waals surface area contributed by atoms with Crippen molar-refractivity contribution in [2.75, 3.05) is 13.6 Å². The van der Waals surface area contributed by atoms with Crippen molar-refractivity contribution in [3.63, 3.8) is 0 Å². The Labute approximate surface area is 138 Å². The topological polar surface area (TPSA) is 32.3 Å². The molecular weight excluding hydrogens is 307 g/mol. The van der Waals surface area contributed by atoms with Crippen LogP contribution in [0.3, 0.4) is 0 Å². The van der Waals surface area contributed by atoms with E-state index in [-0.39, 0.29) is 24.4 Å². The van der Waals surface area contributed by atoms with E-state index in [2.05, 4.69) is 12.2 Å². The van der Waals surface area contributed by atoms with E-state index in [0.717, 1.165) is 36.4 Å². The number of benzene rings is 1. The molecule has 1 saturated carbocycles. The van der Waals surface area contributed by atoms with Crippen LogP contribution in [0.2, 0.25) is 5.02 Å². The number of hydrogen-bond acceptors (Lipinski definition) is 2. The molecule has 1 N–H and O–H groups in total. The van der Waals surface area contributed by atoms with Crippen LogP contribution < -0.4 is 5.32 Å². The molecule has 0 radical (unpaired) electrons. The third-order valence-electron chi connectivity index (χ3n) is 3.82. The first-order chi connectivity index (χ1) is 9.65. The summed E-state index contributed by atoms with van der Waals surface area (Å²) in [4.78, 5) is 14.5. The largest absolute Gasteiger partial charge is 0.333 e. The van der Waals surface area contributed by atoms with Crippen molar-refractivity contribution >= 4 is 29.9 Å². The zero-order valence-electron chi connectivity index (χ0n) is 12.6. The number of halogens is 2. The smallest absolute Gasteiger partial charge is 0.223 e. The van der Waals surface area contributed by atoms with Crippen molar-refractivity contribution in [3.8, 4) is 0 Å². The van der Waals surface area contributed by atoms with Crippen molar-refractivity contribution in [2.45, 2.75) is 44.7 Å². The second kappa shape index (κ2) is 8.62. The van der Waals surface area contributed by atoms with Crippen LogP contribution in [0.1, 0.15) is 44.2 Å². The minimum Gasteiger partial charge on any atom is -0.333 e. The van der Waals surface area contributed by atoms with Crippen molar-refractivity contribution in [3.05, 3.63) is 34.9 Å². The predicted octanol–water partition coefficient (Wildman–Crippen LogP) is 3.81. The highest BCUT2D eigenvalue weighted by Gasteiger charge is 2.36. The summed E-state index contributed by atoms with van der Waals surface area (Å²) >= 11 is 6.27. The number of nitrogens with one attached hydrogen (secondary N) is 1. The molecule has 1 aromatic carbocycles. The molecule has 3 nitrogen and oxygen atoms in total. The number of carbonyl (C=O) groups excluding carboxylic acids is 1. The number of hydrogen-bond donors (Lipinski definition) is 1. The highest BCUT2D eigenvalue weighted by atomic mass is 35.5. The fraction of sp³-hybridized carbons (Fsp3) is 0.562. The Morgan fingerprint density at radius 1 is 1.43 bits per heavy atom. The lowest BCUT2D eigenvalue weighted by Gasteiger charge is -2.30. The van der Waals surface area contributed by atoms with Crippen LogP contribution in [0.15, 0.2) is 24.3 Å². The van der Waals surface area contributed by atoms with Crippen LogP contribution in [0.25, 0.3) is 0 Å². The molecule has 1 unspecified atom stereocenters. The fourth-order valence-electron chi connectivity index (χ4n) is 2.60. The molecule has 0 saturated heterocycles. The van der Waals surface area contributed by atoms with E-state index in [1.807, 2.05) is 36.2 Å². The van der Waals surface area contributed by atoms with Crippen molar-refractivity contribution < 1.29 is 4.79 Å². The number of rotatable bonds is 7. The molecule has 1 fully saturated rings. The molecule has 21 heavy (non-hydrogen) atoms. The van der Waals surface area contributed by atoms with E-state index >= 15 is 0 Å². The summed E-state index contributed by atoms with van der Waals surface area (Å²) < 4.78 is 0. The zero-order valence-corrected chi connectivity index (χ0v) is 14.2. The molecule has 0 bridgehead atoms. The summed E-state index contributed by atoms with van der Waals surface area (Å²) in [6.45, 7) is 2.96. The molecule has 1 atom stereocenters. The number of nitrogens with zero attached hydrogens (tertiary/aromatic N) is 1. The van der Waals surface area contributed by atoms with Gasteiger partial charge in [0.05, 0.1) is 6.04 Å². The van der Waals surface area contributed by atoms with Crippen LogP contribution in [0.5, 0.6) is 0 Å². The van der Waals surface area contributed by atoms with Gasteiger partial charge in [-0.05, 0) is 51.4 Å². The van der Waals surface area contributed by atoms with E-state index in [1.165, 1.54) is 0 Å². The van der Waals surface area contributed by atoms with E-state index in [9.17, 15) is 4.79 Å². The van der Waals surface area contributed by atoms with Gasteiger partial charge in [0, 0.05) is 17.5 Å². The summed E-state index contributed by atoms with van der Waals surface area (Å²) in [5, 5.41) is 3.83. The molecule has 118 valence electrons. The van der Waals surface area contributed by atoms with E-state index in [4.69, 9.17) is 11.6 Å². The first kappa shape index (κ1) is 18.3. The van der Waals surface area contributed by atoms with Gasteiger partial charge in [0.1, 0.15) is 0 Å². The fourth-order valence-corrected chi connectivity index (χ4v) is 2.89. The molecule has 5 heteroatoms. The Kier molecular flexibility index (Phi) is 7.50. The quantitative estimate of drug-likeness (QED) is 0.771. The molecule has 0 heterocycles. The summed E-state index contributed by atoms with van der Waals surface area (Å²) in [7, 11) is 1.91. The SMILES string of the molecule is CNCCCC(=O)N(C1CC1)C(C)c1ccccc1Cl.Cl. The summed E-state index contributed by atoms with van der Waals surface area (Å²) in [6.07, 6.45) is 3.72. The third-order valence-corrected chi connectivity index (χ3v) is 4.16. The first-order valence-corrected chi connectivity index (χ1v) is 7.73. The Morgan fingerprint density at radius 2 is 2.10 bits per heavy atom. The second-order valence-corrected chi connectivity index (χ2v) is 5.84. The number of carbonyl (C=O) groups is 1. The van der Waals surface area contributed by atoms with E-state index in [1.54, 1.807) is 0 Å². The van der Waals surface area contributed by atoms with Gasteiger partial charge in [-0.25, -0.2) is 0 Å². The van der Waals surface area contributed by atoms with Gasteiger partial charge in [-0.3, -0.25) is 4.79 Å². The minimum atomic E-state index is 0. The van der Waals surface area contributed by atoms with Gasteiger partial charge in [-0.2, -0.15) is 0 Å². The van der Waals surface area contributed by atoms with Gasteiger partial charge in [0.25, 0.3) is 0 Å². The summed E-state index contributed by atoms with van der Waals surface area (Å²) in [5.41, 5.74) is 1.04. The summed E-state index contributed by atoms with van der Waals surface area (Å²) in [5.74, 6) is 0.246. The Bertz CT molecular complexity index is 463. The van der Waals surface area contributed by atoms with Gasteiger partial charge in [0.15, 0.2) is 0 Å². The highest BCUT2D eigenvalue weighted by Crippen LogP contribution is 2.36. The molecule has 1 amide bonds. The molecule has 0 aromatic heterocycles. The average Bonchev–Trinajstić information content (AvgIpc) is 3.24. The highest BCUT2D eigenvalue weighted by molar-refractivity contribution is 6.31. The van der Waals surface area contributed by atoms with Crippen LogP contribution in [0, 0.1) is 0 Å².